The van der Waals surface area contributed by atoms with Crippen molar-refractivity contribution < 1.29 is 19.1 Å². The highest BCUT2D eigenvalue weighted by molar-refractivity contribution is 7.22. The second-order valence-electron chi connectivity index (χ2n) is 7.30. The third-order valence-electron chi connectivity index (χ3n) is 4.62. The lowest BCUT2D eigenvalue weighted by atomic mass is 10.0. The minimum Gasteiger partial charge on any atom is -0.479 e. The quantitative estimate of drug-likeness (QED) is 0.578. The number of aryl methyl sites for hydroxylation is 1. The lowest BCUT2D eigenvalue weighted by Gasteiger charge is -2.31. The van der Waals surface area contributed by atoms with Crippen molar-refractivity contribution in [1.82, 2.24) is 4.98 Å². The summed E-state index contributed by atoms with van der Waals surface area (Å²) in [6.45, 7) is 5.35. The predicted octanol–water partition coefficient (Wildman–Crippen LogP) is 4.98. The van der Waals surface area contributed by atoms with Crippen LogP contribution in [-0.2, 0) is 9.53 Å². The zero-order valence-electron chi connectivity index (χ0n) is 16.8. The van der Waals surface area contributed by atoms with Crippen LogP contribution in [0.2, 0.25) is 0 Å². The largest absolute Gasteiger partial charge is 0.479 e. The van der Waals surface area contributed by atoms with Crippen molar-refractivity contribution >= 4 is 50.4 Å². The highest BCUT2D eigenvalue weighted by Gasteiger charge is 2.29. The molecule has 4 rings (SSSR count). The summed E-state index contributed by atoms with van der Waals surface area (Å²) < 4.78 is 12.1. The maximum atomic E-state index is 12.4. The first-order chi connectivity index (χ1) is 14.3. The number of aromatic nitrogens is 1. The molecule has 2 heterocycles. The van der Waals surface area contributed by atoms with Crippen molar-refractivity contribution in [1.29, 1.82) is 0 Å². The molecule has 0 bridgehead atoms. The molecule has 30 heavy (non-hydrogen) atoms. The van der Waals surface area contributed by atoms with Crippen LogP contribution in [0.5, 0.6) is 5.75 Å². The number of benzene rings is 2. The number of nitrogens with zero attached hydrogens (tertiary/aromatic N) is 1. The van der Waals surface area contributed by atoms with Crippen LogP contribution in [0.15, 0.2) is 42.5 Å². The topological polar surface area (TPSA) is 89.5 Å². The smallest absolute Gasteiger partial charge is 0.325 e. The van der Waals surface area contributed by atoms with Gasteiger partial charge in [-0.3, -0.25) is 10.1 Å². The molecule has 2 amide bonds. The van der Waals surface area contributed by atoms with E-state index < -0.39 is 5.60 Å². The molecule has 1 aliphatic heterocycles. The zero-order valence-corrected chi connectivity index (χ0v) is 17.6. The number of amides is 2. The van der Waals surface area contributed by atoms with Crippen LogP contribution < -0.4 is 15.4 Å². The number of urea groups is 1. The molecule has 7 nitrogen and oxygen atoms in total. The molecular formula is C22H21N3O4S. The molecular weight excluding hydrogens is 402 g/mol. The molecule has 3 aromatic rings. The van der Waals surface area contributed by atoms with Gasteiger partial charge in [-0.1, -0.05) is 29.5 Å². The Bertz CT molecular complexity index is 1170. The number of rotatable bonds is 4. The van der Waals surface area contributed by atoms with Gasteiger partial charge in [0.25, 0.3) is 0 Å². The zero-order chi connectivity index (χ0) is 21.3. The van der Waals surface area contributed by atoms with E-state index in [0.717, 1.165) is 21.3 Å². The van der Waals surface area contributed by atoms with Gasteiger partial charge in [-0.25, -0.2) is 9.78 Å². The van der Waals surface area contributed by atoms with Crippen molar-refractivity contribution in [3.05, 3.63) is 53.6 Å². The summed E-state index contributed by atoms with van der Waals surface area (Å²) >= 11 is 1.44. The molecule has 1 unspecified atom stereocenters. The van der Waals surface area contributed by atoms with Crippen LogP contribution in [-0.4, -0.2) is 29.2 Å². The van der Waals surface area contributed by atoms with E-state index in [4.69, 9.17) is 9.47 Å². The van der Waals surface area contributed by atoms with Crippen LogP contribution in [0.25, 0.3) is 16.3 Å². The monoisotopic (exact) mass is 423 g/mol. The molecule has 1 aromatic heterocycles. The summed E-state index contributed by atoms with van der Waals surface area (Å²) in [7, 11) is 0. The minimum atomic E-state index is -0.726. The lowest BCUT2D eigenvalue weighted by molar-refractivity contribution is -0.145. The molecule has 1 atom stereocenters. The van der Waals surface area contributed by atoms with Gasteiger partial charge in [0.15, 0.2) is 10.7 Å². The van der Waals surface area contributed by atoms with Crippen molar-refractivity contribution in [2.45, 2.75) is 26.4 Å². The Morgan fingerprint density at radius 2 is 2.07 bits per heavy atom. The molecule has 0 saturated carbocycles. The second-order valence-corrected chi connectivity index (χ2v) is 8.30. The molecule has 0 aliphatic carbocycles. The Balaban J connectivity index is 1.43. The SMILES string of the molecule is CC(=O)OCC1(C)C=Cc2cc(NC(=O)Nc3nc4cccc(C)c4s3)ccc2O1. The number of nitrogens with one attached hydrogen (secondary N) is 2. The van der Waals surface area contributed by atoms with Crippen LogP contribution in [0, 0.1) is 6.92 Å². The number of anilines is 2. The van der Waals surface area contributed by atoms with Gasteiger partial charge in [-0.05, 0) is 49.8 Å². The Kier molecular flexibility index (Phi) is 5.17. The van der Waals surface area contributed by atoms with Crippen molar-refractivity contribution in [3.63, 3.8) is 0 Å². The van der Waals surface area contributed by atoms with E-state index >= 15 is 0 Å². The van der Waals surface area contributed by atoms with Gasteiger partial charge in [0.2, 0.25) is 0 Å². The van der Waals surface area contributed by atoms with Gasteiger partial charge in [0.1, 0.15) is 12.4 Å². The van der Waals surface area contributed by atoms with Gasteiger partial charge in [0, 0.05) is 18.2 Å². The first-order valence-electron chi connectivity index (χ1n) is 9.41. The molecule has 2 N–H and O–H groups in total. The minimum absolute atomic E-state index is 0.127. The average molecular weight is 423 g/mol. The van der Waals surface area contributed by atoms with E-state index in [2.05, 4.69) is 15.6 Å². The normalized spacial score (nSPS) is 17.2. The van der Waals surface area contributed by atoms with Gasteiger partial charge in [0.05, 0.1) is 10.2 Å². The predicted molar refractivity (Wildman–Crippen MR) is 118 cm³/mol. The van der Waals surface area contributed by atoms with E-state index in [1.165, 1.54) is 18.3 Å². The first-order valence-corrected chi connectivity index (χ1v) is 10.2. The van der Waals surface area contributed by atoms with Crippen molar-refractivity contribution in [2.75, 3.05) is 17.2 Å². The summed E-state index contributed by atoms with van der Waals surface area (Å²) in [5, 5.41) is 6.15. The third kappa shape index (κ3) is 4.28. The van der Waals surface area contributed by atoms with E-state index in [-0.39, 0.29) is 18.6 Å². The average Bonchev–Trinajstić information content (AvgIpc) is 3.10. The molecule has 1 aliphatic rings. The van der Waals surface area contributed by atoms with E-state index in [9.17, 15) is 9.59 Å². The summed E-state index contributed by atoms with van der Waals surface area (Å²) in [6.07, 6.45) is 3.73. The van der Waals surface area contributed by atoms with Crippen LogP contribution in [0.1, 0.15) is 25.0 Å². The number of hydrogen-bond acceptors (Lipinski definition) is 6. The number of ether oxygens (including phenoxy) is 2. The number of fused-ring (bicyclic) bond motifs is 2. The Labute approximate surface area is 177 Å². The second kappa shape index (κ2) is 7.79. The number of carbonyl (C=O) groups excluding carboxylic acids is 2. The molecule has 0 saturated heterocycles. The molecule has 154 valence electrons. The summed E-state index contributed by atoms with van der Waals surface area (Å²) in [6, 6.07) is 10.9. The van der Waals surface area contributed by atoms with Crippen molar-refractivity contribution in [3.8, 4) is 5.75 Å². The fourth-order valence-corrected chi connectivity index (χ4v) is 4.05. The Morgan fingerprint density at radius 1 is 1.23 bits per heavy atom. The maximum absolute atomic E-state index is 12.4. The maximum Gasteiger partial charge on any atom is 0.325 e. The summed E-state index contributed by atoms with van der Waals surface area (Å²) in [4.78, 5) is 27.9. The fourth-order valence-electron chi connectivity index (χ4n) is 3.12. The molecule has 0 spiro atoms. The molecule has 0 fully saturated rings. The molecule has 0 radical (unpaired) electrons. The molecule has 8 heteroatoms. The van der Waals surface area contributed by atoms with Crippen LogP contribution in [0.3, 0.4) is 0 Å². The highest BCUT2D eigenvalue weighted by Crippen LogP contribution is 2.33. The van der Waals surface area contributed by atoms with Gasteiger partial charge < -0.3 is 14.8 Å². The standard InChI is InChI=1S/C22H21N3O4S/c1-13-5-4-6-17-19(13)30-21(24-17)25-20(27)23-16-7-8-18-15(11-16)9-10-22(3,29-18)12-28-14(2)26/h4-11H,12H2,1-3H3,(H2,23,24,25,27). The van der Waals surface area contributed by atoms with E-state index in [1.807, 2.05) is 50.3 Å². The summed E-state index contributed by atoms with van der Waals surface area (Å²) in [5.41, 5.74) is 2.71. The number of thiazole rings is 1. The fraction of sp³-hybridized carbons (Fsp3) is 0.227. The lowest BCUT2D eigenvalue weighted by Crippen LogP contribution is -2.37. The summed E-state index contributed by atoms with van der Waals surface area (Å²) in [5.74, 6) is 0.299. The van der Waals surface area contributed by atoms with Crippen molar-refractivity contribution in [2.24, 2.45) is 0 Å². The Morgan fingerprint density at radius 3 is 2.83 bits per heavy atom. The van der Waals surface area contributed by atoms with E-state index in [0.29, 0.717) is 16.6 Å². The highest BCUT2D eigenvalue weighted by atomic mass is 32.1. The number of esters is 1. The van der Waals surface area contributed by atoms with Gasteiger partial charge in [-0.2, -0.15) is 0 Å². The first kappa shape index (κ1) is 19.9. The Hall–Kier alpha value is -3.39. The number of carbonyl (C=O) groups is 2. The molecule has 2 aromatic carbocycles. The van der Waals surface area contributed by atoms with Gasteiger partial charge >= 0.3 is 12.0 Å². The van der Waals surface area contributed by atoms with Crippen LogP contribution in [0.4, 0.5) is 15.6 Å². The number of hydrogen-bond donors (Lipinski definition) is 2. The third-order valence-corrected chi connectivity index (χ3v) is 5.74. The van der Waals surface area contributed by atoms with Crippen LogP contribution >= 0.6 is 11.3 Å². The van der Waals surface area contributed by atoms with E-state index in [1.54, 1.807) is 12.1 Å². The van der Waals surface area contributed by atoms with Gasteiger partial charge in [-0.15, -0.1) is 0 Å².